The summed E-state index contributed by atoms with van der Waals surface area (Å²) in [5, 5.41) is 11.4. The Balaban J connectivity index is 1.53. The zero-order valence-corrected chi connectivity index (χ0v) is 17.4. The molecule has 0 bridgehead atoms. The first kappa shape index (κ1) is 19.7. The third-order valence-corrected chi connectivity index (χ3v) is 6.66. The van der Waals surface area contributed by atoms with Crippen molar-refractivity contribution >= 4 is 11.6 Å². The van der Waals surface area contributed by atoms with Gasteiger partial charge in [0, 0.05) is 30.1 Å². The Bertz CT molecular complexity index is 1060. The van der Waals surface area contributed by atoms with Gasteiger partial charge in [-0.3, -0.25) is 14.9 Å². The minimum Gasteiger partial charge on any atom is -0.490 e. The van der Waals surface area contributed by atoms with E-state index >= 15 is 0 Å². The van der Waals surface area contributed by atoms with Gasteiger partial charge in [-0.15, -0.1) is 0 Å². The normalized spacial score (nSPS) is 18.5. The molecule has 0 N–H and O–H groups in total. The molecule has 0 unspecified atom stereocenters. The van der Waals surface area contributed by atoms with Gasteiger partial charge in [0.15, 0.2) is 17.2 Å². The molecule has 5 rings (SSSR count). The minimum absolute atomic E-state index is 0.114. The fourth-order valence-electron chi connectivity index (χ4n) is 5.24. The molecular weight excluding hydrogens is 400 g/mol. The summed E-state index contributed by atoms with van der Waals surface area (Å²) in [4.78, 5) is 26.1. The maximum absolute atomic E-state index is 13.4. The Morgan fingerprint density at radius 2 is 1.84 bits per heavy atom. The summed E-state index contributed by atoms with van der Waals surface area (Å²) in [6, 6.07) is 8.49. The number of ether oxygens (including phenoxy) is 3. The van der Waals surface area contributed by atoms with E-state index in [-0.39, 0.29) is 22.8 Å². The Kier molecular flexibility index (Phi) is 4.72. The molecule has 2 aliphatic heterocycles. The summed E-state index contributed by atoms with van der Waals surface area (Å²) in [6.07, 6.45) is 4.24. The second-order valence-corrected chi connectivity index (χ2v) is 8.45. The van der Waals surface area contributed by atoms with Crippen LogP contribution in [0.4, 0.5) is 5.69 Å². The number of benzene rings is 2. The van der Waals surface area contributed by atoms with Crippen LogP contribution in [0.1, 0.15) is 47.2 Å². The number of rotatable bonds is 3. The molecule has 1 saturated carbocycles. The van der Waals surface area contributed by atoms with E-state index in [1.54, 1.807) is 6.07 Å². The molecule has 0 saturated heterocycles. The summed E-state index contributed by atoms with van der Waals surface area (Å²) in [6.45, 7) is 2.08. The van der Waals surface area contributed by atoms with Crippen molar-refractivity contribution in [3.63, 3.8) is 0 Å². The monoisotopic (exact) mass is 424 g/mol. The average molecular weight is 424 g/mol. The smallest absolute Gasteiger partial charge is 0.311 e. The number of nitro groups is 1. The van der Waals surface area contributed by atoms with Crippen molar-refractivity contribution in [1.29, 1.82) is 0 Å². The van der Waals surface area contributed by atoms with E-state index in [0.717, 1.165) is 37.0 Å². The third-order valence-electron chi connectivity index (χ3n) is 6.66. The van der Waals surface area contributed by atoms with Crippen LogP contribution in [0.3, 0.4) is 0 Å². The van der Waals surface area contributed by atoms with Crippen LogP contribution in [0.25, 0.3) is 0 Å². The Labute approximate surface area is 179 Å². The fraction of sp³-hybridized carbons (Fsp3) is 0.435. The van der Waals surface area contributed by atoms with Gasteiger partial charge in [-0.05, 0) is 48.2 Å². The Morgan fingerprint density at radius 1 is 1.13 bits per heavy atom. The van der Waals surface area contributed by atoms with Gasteiger partial charge < -0.3 is 19.1 Å². The number of amides is 1. The number of carbonyl (C=O) groups is 1. The van der Waals surface area contributed by atoms with E-state index < -0.39 is 4.92 Å². The van der Waals surface area contributed by atoms with E-state index in [9.17, 15) is 14.9 Å². The van der Waals surface area contributed by atoms with Crippen LogP contribution in [0.15, 0.2) is 30.3 Å². The SMILES string of the molecule is COc1ccc(C(=O)N2Cc3cc4c(cc3C3(CCCC3)C2)OCCO4)cc1[N+](=O)[O-]. The van der Waals surface area contributed by atoms with E-state index in [2.05, 4.69) is 6.07 Å². The van der Waals surface area contributed by atoms with Crippen molar-refractivity contribution in [3.8, 4) is 17.2 Å². The molecule has 2 heterocycles. The molecule has 8 heteroatoms. The highest BCUT2D eigenvalue weighted by Crippen LogP contribution is 2.49. The third kappa shape index (κ3) is 3.26. The molecule has 2 aromatic rings. The lowest BCUT2D eigenvalue weighted by Crippen LogP contribution is -2.46. The number of hydrogen-bond donors (Lipinski definition) is 0. The molecule has 162 valence electrons. The summed E-state index contributed by atoms with van der Waals surface area (Å²) in [5.41, 5.74) is 2.28. The summed E-state index contributed by atoms with van der Waals surface area (Å²) in [7, 11) is 1.38. The Morgan fingerprint density at radius 3 is 2.52 bits per heavy atom. The first-order valence-corrected chi connectivity index (χ1v) is 10.6. The number of hydrogen-bond acceptors (Lipinski definition) is 6. The second-order valence-electron chi connectivity index (χ2n) is 8.45. The van der Waals surface area contributed by atoms with Crippen molar-refractivity contribution in [3.05, 3.63) is 57.1 Å². The molecule has 1 fully saturated rings. The van der Waals surface area contributed by atoms with Crippen molar-refractivity contribution in [2.45, 2.75) is 37.6 Å². The number of fused-ring (bicyclic) bond motifs is 3. The van der Waals surface area contributed by atoms with Crippen LogP contribution in [-0.4, -0.2) is 42.6 Å². The lowest BCUT2D eigenvalue weighted by molar-refractivity contribution is -0.385. The summed E-state index contributed by atoms with van der Waals surface area (Å²) >= 11 is 0. The molecule has 1 spiro atoms. The molecule has 3 aliphatic rings. The molecule has 0 aromatic heterocycles. The first-order chi connectivity index (χ1) is 15.0. The van der Waals surface area contributed by atoms with E-state index in [4.69, 9.17) is 14.2 Å². The summed E-state index contributed by atoms with van der Waals surface area (Å²) in [5.74, 6) is 1.42. The van der Waals surface area contributed by atoms with Gasteiger partial charge in [-0.2, -0.15) is 0 Å². The number of methoxy groups -OCH3 is 1. The molecule has 0 radical (unpaired) electrons. The quantitative estimate of drug-likeness (QED) is 0.549. The van der Waals surface area contributed by atoms with E-state index in [1.165, 1.54) is 24.8 Å². The van der Waals surface area contributed by atoms with Gasteiger partial charge in [0.25, 0.3) is 5.91 Å². The second kappa shape index (κ2) is 7.44. The first-order valence-electron chi connectivity index (χ1n) is 10.6. The predicted molar refractivity (Wildman–Crippen MR) is 112 cm³/mol. The Hall–Kier alpha value is -3.29. The van der Waals surface area contributed by atoms with Crippen LogP contribution >= 0.6 is 0 Å². The van der Waals surface area contributed by atoms with Gasteiger partial charge >= 0.3 is 5.69 Å². The lowest BCUT2D eigenvalue weighted by atomic mass is 9.73. The maximum atomic E-state index is 13.4. The van der Waals surface area contributed by atoms with Gasteiger partial charge in [0.1, 0.15) is 13.2 Å². The molecule has 2 aromatic carbocycles. The molecular formula is C23H24N2O6. The van der Waals surface area contributed by atoms with Gasteiger partial charge in [0.05, 0.1) is 12.0 Å². The van der Waals surface area contributed by atoms with Crippen molar-refractivity contribution in [1.82, 2.24) is 4.90 Å². The van der Waals surface area contributed by atoms with Gasteiger partial charge in [-0.1, -0.05) is 12.8 Å². The predicted octanol–water partition coefficient (Wildman–Crippen LogP) is 3.84. The molecule has 1 aliphatic carbocycles. The molecule has 1 amide bonds. The van der Waals surface area contributed by atoms with Crippen LogP contribution in [0.2, 0.25) is 0 Å². The van der Waals surface area contributed by atoms with Gasteiger partial charge in [0.2, 0.25) is 0 Å². The maximum Gasteiger partial charge on any atom is 0.311 e. The van der Waals surface area contributed by atoms with Crippen molar-refractivity contribution in [2.24, 2.45) is 0 Å². The van der Waals surface area contributed by atoms with Crippen LogP contribution in [0.5, 0.6) is 17.2 Å². The zero-order valence-electron chi connectivity index (χ0n) is 17.4. The number of nitro benzene ring substituents is 1. The topological polar surface area (TPSA) is 91.1 Å². The number of nitrogens with zero attached hydrogens (tertiary/aromatic N) is 2. The van der Waals surface area contributed by atoms with Crippen LogP contribution < -0.4 is 14.2 Å². The zero-order chi connectivity index (χ0) is 21.6. The highest BCUT2D eigenvalue weighted by atomic mass is 16.6. The van der Waals surface area contributed by atoms with Crippen molar-refractivity contribution < 1.29 is 23.9 Å². The number of carbonyl (C=O) groups excluding carboxylic acids is 1. The summed E-state index contributed by atoms with van der Waals surface area (Å²) < 4.78 is 16.7. The fourth-order valence-corrected chi connectivity index (χ4v) is 5.24. The molecule has 0 atom stereocenters. The highest BCUT2D eigenvalue weighted by molar-refractivity contribution is 5.95. The van der Waals surface area contributed by atoms with E-state index in [0.29, 0.717) is 37.6 Å². The van der Waals surface area contributed by atoms with Gasteiger partial charge in [-0.25, -0.2) is 0 Å². The minimum atomic E-state index is -0.525. The van der Waals surface area contributed by atoms with Crippen molar-refractivity contribution in [2.75, 3.05) is 26.9 Å². The standard InChI is InChI=1S/C23H24N2O6/c1-29-19-5-4-15(10-18(19)25(27)28)22(26)24-13-16-11-20-21(31-9-8-30-20)12-17(16)23(14-24)6-2-3-7-23/h4-5,10-12H,2-3,6-9,13-14H2,1H3. The average Bonchev–Trinajstić information content (AvgIpc) is 3.25. The van der Waals surface area contributed by atoms with E-state index in [1.807, 2.05) is 11.0 Å². The molecule has 31 heavy (non-hydrogen) atoms. The largest absolute Gasteiger partial charge is 0.490 e. The van der Waals surface area contributed by atoms with Crippen LogP contribution in [0, 0.1) is 10.1 Å². The lowest BCUT2D eigenvalue weighted by Gasteiger charge is -2.43. The van der Waals surface area contributed by atoms with Crippen LogP contribution in [-0.2, 0) is 12.0 Å². The highest BCUT2D eigenvalue weighted by Gasteiger charge is 2.44. The molecule has 8 nitrogen and oxygen atoms in total.